The third kappa shape index (κ3) is 2.84. The number of esters is 1. The Bertz CT molecular complexity index is 630. The van der Waals surface area contributed by atoms with Gasteiger partial charge in [0.25, 0.3) is 0 Å². The van der Waals surface area contributed by atoms with Gasteiger partial charge in [0.1, 0.15) is 11.4 Å². The van der Waals surface area contributed by atoms with E-state index in [0.717, 1.165) is 0 Å². The summed E-state index contributed by atoms with van der Waals surface area (Å²) in [5, 5.41) is 0. The van der Waals surface area contributed by atoms with E-state index in [-0.39, 0.29) is 23.1 Å². The van der Waals surface area contributed by atoms with Gasteiger partial charge >= 0.3 is 5.97 Å². The van der Waals surface area contributed by atoms with Gasteiger partial charge in [0, 0.05) is 12.6 Å². The molecular formula is C12H17N3O4S. The number of anilines is 2. The third-order valence-corrected chi connectivity index (χ3v) is 5.03. The van der Waals surface area contributed by atoms with Crippen molar-refractivity contribution in [3.8, 4) is 0 Å². The molecule has 0 radical (unpaired) electrons. The molecule has 1 saturated heterocycles. The molecule has 2 N–H and O–H groups in total. The van der Waals surface area contributed by atoms with Crippen LogP contribution >= 0.6 is 0 Å². The molecule has 0 bridgehead atoms. The number of pyridine rings is 1. The lowest BCUT2D eigenvalue weighted by Crippen LogP contribution is -2.48. The summed E-state index contributed by atoms with van der Waals surface area (Å²) in [4.78, 5) is 17.8. The predicted molar refractivity (Wildman–Crippen MR) is 75.5 cm³/mol. The van der Waals surface area contributed by atoms with Crippen LogP contribution in [0.5, 0.6) is 0 Å². The molecular weight excluding hydrogens is 282 g/mol. The largest absolute Gasteiger partial charge is 0.465 e. The van der Waals surface area contributed by atoms with Crippen molar-refractivity contribution in [1.29, 1.82) is 0 Å². The highest BCUT2D eigenvalue weighted by Gasteiger charge is 2.31. The molecule has 0 saturated carbocycles. The van der Waals surface area contributed by atoms with Crippen LogP contribution in [0.25, 0.3) is 0 Å². The van der Waals surface area contributed by atoms with Crippen molar-refractivity contribution in [2.45, 2.75) is 13.0 Å². The number of ether oxygens (including phenoxy) is 1. The molecule has 1 fully saturated rings. The van der Waals surface area contributed by atoms with Crippen LogP contribution in [0, 0.1) is 0 Å². The molecule has 0 spiro atoms. The fourth-order valence-electron chi connectivity index (χ4n) is 2.28. The number of hydrogen-bond acceptors (Lipinski definition) is 7. The smallest absolute Gasteiger partial charge is 0.341 e. The molecule has 1 aliphatic rings. The van der Waals surface area contributed by atoms with Gasteiger partial charge in [-0.3, -0.25) is 0 Å². The average molecular weight is 299 g/mol. The molecule has 7 nitrogen and oxygen atoms in total. The van der Waals surface area contributed by atoms with Crippen molar-refractivity contribution < 1.29 is 17.9 Å². The first-order valence-electron chi connectivity index (χ1n) is 6.15. The summed E-state index contributed by atoms with van der Waals surface area (Å²) < 4.78 is 27.9. The van der Waals surface area contributed by atoms with E-state index in [1.807, 2.05) is 0 Å². The summed E-state index contributed by atoms with van der Waals surface area (Å²) in [5.74, 6) is -0.0437. The highest BCUT2D eigenvalue weighted by molar-refractivity contribution is 7.91. The standard InChI is InChI=1S/C12H17N3O4S/c1-8-7-20(17,18)4-3-15(8)11-10(12(16)19-2)5-9(13)6-14-11/h5-6,8H,3-4,7,13H2,1-2H3. The minimum Gasteiger partial charge on any atom is -0.465 e. The van der Waals surface area contributed by atoms with Gasteiger partial charge < -0.3 is 15.4 Å². The molecule has 1 aliphatic heterocycles. The Morgan fingerprint density at radius 1 is 1.55 bits per heavy atom. The second-order valence-corrected chi connectivity index (χ2v) is 7.02. The second-order valence-electron chi connectivity index (χ2n) is 4.79. The molecule has 8 heteroatoms. The predicted octanol–water partition coefficient (Wildman–Crippen LogP) is 0.0737. The Morgan fingerprint density at radius 2 is 2.25 bits per heavy atom. The number of methoxy groups -OCH3 is 1. The van der Waals surface area contributed by atoms with E-state index >= 15 is 0 Å². The van der Waals surface area contributed by atoms with Crippen LogP contribution in [0.1, 0.15) is 17.3 Å². The van der Waals surface area contributed by atoms with E-state index in [2.05, 4.69) is 4.98 Å². The molecule has 0 amide bonds. The van der Waals surface area contributed by atoms with Gasteiger partial charge in [-0.15, -0.1) is 0 Å². The van der Waals surface area contributed by atoms with Gasteiger partial charge in [0.2, 0.25) is 0 Å². The van der Waals surface area contributed by atoms with Crippen LogP contribution in [-0.2, 0) is 14.6 Å². The van der Waals surface area contributed by atoms with Crippen molar-refractivity contribution in [3.63, 3.8) is 0 Å². The highest BCUT2D eigenvalue weighted by Crippen LogP contribution is 2.25. The van der Waals surface area contributed by atoms with Crippen molar-refractivity contribution in [2.24, 2.45) is 0 Å². The van der Waals surface area contributed by atoms with Gasteiger partial charge in [0.05, 0.1) is 30.5 Å². The Morgan fingerprint density at radius 3 is 2.85 bits per heavy atom. The van der Waals surface area contributed by atoms with Gasteiger partial charge in [-0.1, -0.05) is 0 Å². The fraction of sp³-hybridized carbons (Fsp3) is 0.500. The molecule has 2 heterocycles. The molecule has 1 unspecified atom stereocenters. The molecule has 0 aliphatic carbocycles. The van der Waals surface area contributed by atoms with Crippen molar-refractivity contribution in [3.05, 3.63) is 17.8 Å². The number of carbonyl (C=O) groups is 1. The van der Waals surface area contributed by atoms with Crippen LogP contribution in [-0.4, -0.2) is 50.6 Å². The van der Waals surface area contributed by atoms with Crippen LogP contribution in [0.2, 0.25) is 0 Å². The maximum atomic E-state index is 11.8. The Hall–Kier alpha value is -1.83. The topological polar surface area (TPSA) is 103 Å². The number of carbonyl (C=O) groups excluding carboxylic acids is 1. The van der Waals surface area contributed by atoms with Crippen molar-refractivity contribution >= 4 is 27.3 Å². The van der Waals surface area contributed by atoms with Crippen LogP contribution in [0.15, 0.2) is 12.3 Å². The second kappa shape index (κ2) is 5.28. The maximum Gasteiger partial charge on any atom is 0.341 e. The zero-order chi connectivity index (χ0) is 14.9. The molecule has 20 heavy (non-hydrogen) atoms. The molecule has 2 rings (SSSR count). The summed E-state index contributed by atoms with van der Waals surface area (Å²) in [6.07, 6.45) is 1.44. The summed E-state index contributed by atoms with van der Waals surface area (Å²) in [7, 11) is -1.75. The summed E-state index contributed by atoms with van der Waals surface area (Å²) in [5.41, 5.74) is 6.24. The van der Waals surface area contributed by atoms with Crippen molar-refractivity contribution in [1.82, 2.24) is 4.98 Å². The summed E-state index contributed by atoms with van der Waals surface area (Å²) >= 11 is 0. The van der Waals surface area contributed by atoms with E-state index in [1.165, 1.54) is 19.4 Å². The quantitative estimate of drug-likeness (QED) is 0.771. The monoisotopic (exact) mass is 299 g/mol. The van der Waals surface area contributed by atoms with E-state index in [4.69, 9.17) is 10.5 Å². The van der Waals surface area contributed by atoms with E-state index < -0.39 is 15.8 Å². The molecule has 110 valence electrons. The first-order chi connectivity index (χ1) is 9.34. The highest BCUT2D eigenvalue weighted by atomic mass is 32.2. The number of aromatic nitrogens is 1. The summed E-state index contributed by atoms with van der Waals surface area (Å²) in [6, 6.07) is 1.23. The Kier molecular flexibility index (Phi) is 3.85. The molecule has 0 aromatic carbocycles. The molecule has 1 atom stereocenters. The van der Waals surface area contributed by atoms with Crippen LogP contribution in [0.3, 0.4) is 0 Å². The van der Waals surface area contributed by atoms with Crippen LogP contribution in [0.4, 0.5) is 11.5 Å². The van der Waals surface area contributed by atoms with Gasteiger partial charge in [-0.2, -0.15) is 0 Å². The number of sulfone groups is 1. The van der Waals surface area contributed by atoms with Gasteiger partial charge in [-0.05, 0) is 13.0 Å². The maximum absolute atomic E-state index is 11.8. The minimum absolute atomic E-state index is 0.0413. The number of nitrogens with two attached hydrogens (primary N) is 1. The summed E-state index contributed by atoms with van der Waals surface area (Å²) in [6.45, 7) is 2.08. The zero-order valence-corrected chi connectivity index (χ0v) is 12.2. The van der Waals surface area contributed by atoms with Gasteiger partial charge in [0.15, 0.2) is 9.84 Å². The Balaban J connectivity index is 2.40. The Labute approximate surface area is 117 Å². The van der Waals surface area contributed by atoms with Gasteiger partial charge in [-0.25, -0.2) is 18.2 Å². The number of nitrogen functional groups attached to an aromatic ring is 1. The first-order valence-corrected chi connectivity index (χ1v) is 7.97. The lowest BCUT2D eigenvalue weighted by molar-refractivity contribution is 0.0601. The minimum atomic E-state index is -3.03. The number of rotatable bonds is 2. The SMILES string of the molecule is COC(=O)c1cc(N)cnc1N1CCS(=O)(=O)CC1C. The number of nitrogens with zero attached hydrogens (tertiary/aromatic N) is 2. The van der Waals surface area contributed by atoms with Crippen LogP contribution < -0.4 is 10.6 Å². The van der Waals surface area contributed by atoms with E-state index in [0.29, 0.717) is 18.1 Å². The molecule has 1 aromatic rings. The van der Waals surface area contributed by atoms with E-state index in [1.54, 1.807) is 11.8 Å². The zero-order valence-electron chi connectivity index (χ0n) is 11.4. The molecule has 1 aromatic heterocycles. The normalized spacial score (nSPS) is 21.5. The van der Waals surface area contributed by atoms with E-state index in [9.17, 15) is 13.2 Å². The van der Waals surface area contributed by atoms with Crippen molar-refractivity contribution in [2.75, 3.05) is 35.8 Å². The lowest BCUT2D eigenvalue weighted by atomic mass is 10.2. The fourth-order valence-corrected chi connectivity index (χ4v) is 3.83. The lowest BCUT2D eigenvalue weighted by Gasteiger charge is -2.34. The average Bonchev–Trinajstić information content (AvgIpc) is 2.37. The number of hydrogen-bond donors (Lipinski definition) is 1. The first kappa shape index (κ1) is 14.6. The third-order valence-electron chi connectivity index (χ3n) is 3.24.